The summed E-state index contributed by atoms with van der Waals surface area (Å²) in [6.45, 7) is 2.75. The largest absolute Gasteiger partial charge is 0.448 e. The zero-order chi connectivity index (χ0) is 36.2. The first-order valence-corrected chi connectivity index (χ1v) is 18.9. The van der Waals surface area contributed by atoms with Crippen LogP contribution in [0, 0.1) is 0 Å². The molecule has 2 rings (SSSR count). The molecule has 7 N–H and O–H groups in total. The predicted molar refractivity (Wildman–Crippen MR) is 180 cm³/mol. The molecule has 2 saturated heterocycles. The van der Waals surface area contributed by atoms with Crippen molar-refractivity contribution in [2.75, 3.05) is 13.2 Å². The predicted octanol–water partition coefficient (Wildman–Crippen LogP) is 2.93. The van der Waals surface area contributed by atoms with Crippen LogP contribution in [0.3, 0.4) is 0 Å². The van der Waals surface area contributed by atoms with Crippen molar-refractivity contribution in [1.82, 2.24) is 0 Å². The number of hydrogen-bond acceptors (Lipinski definition) is 13. The fourth-order valence-electron chi connectivity index (χ4n) is 6.57. The molecule has 0 saturated carbocycles. The number of unbranched alkanes of at least 4 members (excludes halogenated alkanes) is 16. The molecular formula is C36H66O13. The molecule has 0 aromatic heterocycles. The second-order valence-electron chi connectivity index (χ2n) is 13.8. The van der Waals surface area contributed by atoms with Crippen LogP contribution in [-0.4, -0.2) is 122 Å². The van der Waals surface area contributed by atoms with Gasteiger partial charge in [-0.15, -0.1) is 0 Å². The lowest BCUT2D eigenvalue weighted by Gasteiger charge is -2.45. The molecule has 1 unspecified atom stereocenters. The second-order valence-corrected chi connectivity index (χ2v) is 13.8. The average Bonchev–Trinajstić information content (AvgIpc) is 3.34. The first kappa shape index (κ1) is 43.9. The van der Waals surface area contributed by atoms with Gasteiger partial charge in [0.1, 0.15) is 42.7 Å². The summed E-state index contributed by atoms with van der Waals surface area (Å²) in [6, 6.07) is 0. The van der Waals surface area contributed by atoms with E-state index in [-0.39, 0.29) is 12.8 Å². The zero-order valence-electron chi connectivity index (χ0n) is 29.8. The summed E-state index contributed by atoms with van der Waals surface area (Å²) in [6.07, 6.45) is 1.86. The number of aliphatic hydroxyl groups excluding tert-OH is 7. The van der Waals surface area contributed by atoms with E-state index >= 15 is 0 Å². The van der Waals surface area contributed by atoms with E-state index in [0.717, 1.165) is 57.8 Å². The lowest BCUT2D eigenvalue weighted by molar-refractivity contribution is -0.391. The summed E-state index contributed by atoms with van der Waals surface area (Å²) >= 11 is 0. The Morgan fingerprint density at radius 2 is 1.08 bits per heavy atom. The highest BCUT2D eigenvalue weighted by atomic mass is 16.8. The molecule has 288 valence electrons. The van der Waals surface area contributed by atoms with E-state index in [9.17, 15) is 45.3 Å². The fraction of sp³-hybridized carbons (Fsp3) is 0.944. The van der Waals surface area contributed by atoms with E-state index in [1.807, 2.05) is 0 Å². The SMILES string of the molecule is CCCCCCCCCCCC(=O)OC(C(=O)CCCCCCCCCCC)[C@@]1(O[C@H]2O[C@H](CO)[C@@H](O)[C@H](O)[C@H]2O)O[C@H](CO)[C@@H](O)[C@@H]1O. The van der Waals surface area contributed by atoms with Crippen molar-refractivity contribution in [2.45, 2.75) is 203 Å². The van der Waals surface area contributed by atoms with E-state index in [0.29, 0.717) is 12.8 Å². The Morgan fingerprint density at radius 3 is 1.55 bits per heavy atom. The number of ether oxygens (including phenoxy) is 4. The van der Waals surface area contributed by atoms with E-state index in [1.165, 1.54) is 44.9 Å². The van der Waals surface area contributed by atoms with Crippen molar-refractivity contribution in [2.24, 2.45) is 0 Å². The van der Waals surface area contributed by atoms with Gasteiger partial charge < -0.3 is 54.7 Å². The normalized spacial score (nSPS) is 30.8. The number of rotatable bonds is 27. The summed E-state index contributed by atoms with van der Waals surface area (Å²) in [7, 11) is 0. The first-order valence-electron chi connectivity index (χ1n) is 18.9. The Bertz CT molecular complexity index is 904. The molecule has 49 heavy (non-hydrogen) atoms. The maximum atomic E-state index is 13.9. The minimum Gasteiger partial charge on any atom is -0.448 e. The van der Waals surface area contributed by atoms with Gasteiger partial charge in [-0.25, -0.2) is 0 Å². The molecule has 0 aliphatic carbocycles. The smallest absolute Gasteiger partial charge is 0.306 e. The molecule has 2 aliphatic rings. The summed E-state index contributed by atoms with van der Waals surface area (Å²) < 4.78 is 22.9. The lowest BCUT2D eigenvalue weighted by Crippen LogP contribution is -2.65. The number of aliphatic hydroxyl groups is 7. The van der Waals surface area contributed by atoms with Crippen molar-refractivity contribution in [3.63, 3.8) is 0 Å². The number of carbonyl (C=O) groups is 2. The molecule has 0 bridgehead atoms. The van der Waals surface area contributed by atoms with E-state index in [1.54, 1.807) is 0 Å². The van der Waals surface area contributed by atoms with E-state index in [4.69, 9.17) is 18.9 Å². The maximum absolute atomic E-state index is 13.9. The summed E-state index contributed by atoms with van der Waals surface area (Å²) in [5.41, 5.74) is 0. The molecule has 2 fully saturated rings. The van der Waals surface area contributed by atoms with Crippen LogP contribution < -0.4 is 0 Å². The average molecular weight is 707 g/mol. The highest BCUT2D eigenvalue weighted by Crippen LogP contribution is 2.41. The number of hydrogen-bond donors (Lipinski definition) is 7. The van der Waals surface area contributed by atoms with Gasteiger partial charge in [0.2, 0.25) is 11.9 Å². The molecule has 2 heterocycles. The van der Waals surface area contributed by atoms with Crippen molar-refractivity contribution in [1.29, 1.82) is 0 Å². The number of esters is 1. The minimum atomic E-state index is -2.66. The third-order valence-corrected chi connectivity index (χ3v) is 9.70. The Kier molecular flexibility index (Phi) is 21.6. The zero-order valence-corrected chi connectivity index (χ0v) is 29.8. The molecule has 0 spiro atoms. The molecular weight excluding hydrogens is 640 g/mol. The quantitative estimate of drug-likeness (QED) is 0.0484. The Hall–Kier alpha value is -1.26. The lowest BCUT2D eigenvalue weighted by atomic mass is 9.93. The van der Waals surface area contributed by atoms with E-state index in [2.05, 4.69) is 13.8 Å². The molecule has 2 aliphatic heterocycles. The van der Waals surface area contributed by atoms with Crippen LogP contribution in [0.5, 0.6) is 0 Å². The molecule has 10 atom stereocenters. The molecule has 0 aromatic rings. The highest BCUT2D eigenvalue weighted by Gasteiger charge is 2.65. The Labute approximate surface area is 292 Å². The van der Waals surface area contributed by atoms with Crippen molar-refractivity contribution < 1.29 is 64.3 Å². The van der Waals surface area contributed by atoms with Gasteiger partial charge in [0.15, 0.2) is 12.1 Å². The first-order chi connectivity index (χ1) is 23.6. The summed E-state index contributed by atoms with van der Waals surface area (Å²) in [5.74, 6) is -4.09. The van der Waals surface area contributed by atoms with Crippen LogP contribution in [0.15, 0.2) is 0 Å². The third kappa shape index (κ3) is 13.7. The Balaban J connectivity index is 2.21. The van der Waals surface area contributed by atoms with Gasteiger partial charge in [-0.05, 0) is 12.8 Å². The van der Waals surface area contributed by atoms with Crippen LogP contribution in [0.2, 0.25) is 0 Å². The van der Waals surface area contributed by atoms with Crippen LogP contribution in [0.25, 0.3) is 0 Å². The molecule has 13 heteroatoms. The minimum absolute atomic E-state index is 0.0319. The second kappa shape index (κ2) is 24.1. The van der Waals surface area contributed by atoms with Gasteiger partial charge in [-0.3, -0.25) is 9.59 Å². The Morgan fingerprint density at radius 1 is 0.612 bits per heavy atom. The van der Waals surface area contributed by atoms with Crippen LogP contribution >= 0.6 is 0 Å². The van der Waals surface area contributed by atoms with Gasteiger partial charge in [-0.2, -0.15) is 0 Å². The van der Waals surface area contributed by atoms with Gasteiger partial charge >= 0.3 is 5.97 Å². The molecule has 0 amide bonds. The van der Waals surface area contributed by atoms with Crippen molar-refractivity contribution >= 4 is 11.8 Å². The molecule has 0 radical (unpaired) electrons. The topological polar surface area (TPSA) is 213 Å². The number of Topliss-reactive ketones (excluding diaryl/α,β-unsaturated/α-hetero) is 1. The monoisotopic (exact) mass is 706 g/mol. The number of ketones is 1. The number of carbonyl (C=O) groups excluding carboxylic acids is 2. The summed E-state index contributed by atoms with van der Waals surface area (Å²) in [5, 5.41) is 73.1. The van der Waals surface area contributed by atoms with E-state index < -0.39 is 85.9 Å². The van der Waals surface area contributed by atoms with Crippen LogP contribution in [-0.2, 0) is 28.5 Å². The standard InChI is InChI=1S/C36H66O13/c1-3-5-7-9-11-13-15-17-19-21-25(39)34(47-28(40)22-20-18-16-14-12-10-8-6-4-2)36(33(45)30(42)27(24-38)48-36)49-35-32(44)31(43)29(41)26(23-37)46-35/h26-27,29-35,37-38,41-45H,3-24H2,1-2H3/t26-,27-,29-,30-,31+,32-,33+,34?,35-,36-/m1/s1. The van der Waals surface area contributed by atoms with Gasteiger partial charge in [0.05, 0.1) is 13.2 Å². The van der Waals surface area contributed by atoms with Crippen LogP contribution in [0.1, 0.15) is 142 Å². The molecule has 13 nitrogen and oxygen atoms in total. The van der Waals surface area contributed by atoms with Crippen molar-refractivity contribution in [3.8, 4) is 0 Å². The highest BCUT2D eigenvalue weighted by molar-refractivity contribution is 5.87. The van der Waals surface area contributed by atoms with Crippen molar-refractivity contribution in [3.05, 3.63) is 0 Å². The third-order valence-electron chi connectivity index (χ3n) is 9.70. The maximum Gasteiger partial charge on any atom is 0.306 e. The molecule has 0 aromatic carbocycles. The summed E-state index contributed by atoms with van der Waals surface area (Å²) in [4.78, 5) is 27.1. The van der Waals surface area contributed by atoms with Gasteiger partial charge in [0.25, 0.3) is 0 Å². The van der Waals surface area contributed by atoms with Gasteiger partial charge in [-0.1, -0.05) is 117 Å². The van der Waals surface area contributed by atoms with Gasteiger partial charge in [0, 0.05) is 12.8 Å². The fourth-order valence-corrected chi connectivity index (χ4v) is 6.57. The van der Waals surface area contributed by atoms with Crippen LogP contribution in [0.4, 0.5) is 0 Å².